The minimum Gasteiger partial charge on any atom is -0.481 e. The van der Waals surface area contributed by atoms with E-state index in [1.54, 1.807) is 12.2 Å². The quantitative estimate of drug-likeness (QED) is 0.837. The first-order valence-electron chi connectivity index (χ1n) is 6.13. The van der Waals surface area contributed by atoms with Gasteiger partial charge in [-0.15, -0.1) is 0 Å². The predicted molar refractivity (Wildman–Crippen MR) is 68.0 cm³/mol. The number of carbonyl (C=O) groups is 2. The van der Waals surface area contributed by atoms with Crippen LogP contribution in [-0.2, 0) is 9.59 Å². The van der Waals surface area contributed by atoms with Crippen LogP contribution < -0.4 is 5.32 Å². The molecule has 0 radical (unpaired) electrons. The highest BCUT2D eigenvalue weighted by atomic mass is 19.1. The standard InChI is InChI=1S/C14H13F2NO3/c15-10-6-3-7-11(16)12(10)17-13(18)8-4-1-2-5-9(8)14(19)20/h1-3,6-9H,4-5H2,(H,17,18)(H,19,20)/t8-,9+/m1/s1. The van der Waals surface area contributed by atoms with Crippen LogP contribution in [0, 0.1) is 23.5 Å². The van der Waals surface area contributed by atoms with Crippen molar-refractivity contribution in [3.63, 3.8) is 0 Å². The van der Waals surface area contributed by atoms with E-state index in [2.05, 4.69) is 5.32 Å². The SMILES string of the molecule is O=C(O)[C@H]1CC=CC[C@H]1C(=O)Nc1c(F)cccc1F. The lowest BCUT2D eigenvalue weighted by Gasteiger charge is -2.24. The molecule has 0 fully saturated rings. The molecule has 2 N–H and O–H groups in total. The van der Waals surface area contributed by atoms with E-state index < -0.39 is 41.0 Å². The van der Waals surface area contributed by atoms with Gasteiger partial charge in [-0.1, -0.05) is 18.2 Å². The number of allylic oxidation sites excluding steroid dienone is 2. The van der Waals surface area contributed by atoms with Crippen LogP contribution in [0.2, 0.25) is 0 Å². The maximum Gasteiger partial charge on any atom is 0.307 e. The summed E-state index contributed by atoms with van der Waals surface area (Å²) in [6.45, 7) is 0. The van der Waals surface area contributed by atoms with Crippen LogP contribution in [0.3, 0.4) is 0 Å². The van der Waals surface area contributed by atoms with E-state index in [1.807, 2.05) is 0 Å². The molecule has 106 valence electrons. The molecule has 0 unspecified atom stereocenters. The number of nitrogens with one attached hydrogen (secondary N) is 1. The molecule has 1 amide bonds. The summed E-state index contributed by atoms with van der Waals surface area (Å²) < 4.78 is 26.9. The lowest BCUT2D eigenvalue weighted by molar-refractivity contribution is -0.146. The maximum atomic E-state index is 13.4. The number of rotatable bonds is 3. The number of amides is 1. The minimum atomic E-state index is -1.09. The molecule has 2 atom stereocenters. The zero-order valence-corrected chi connectivity index (χ0v) is 10.5. The highest BCUT2D eigenvalue weighted by Gasteiger charge is 2.34. The van der Waals surface area contributed by atoms with Crippen LogP contribution in [0.15, 0.2) is 30.4 Å². The average Bonchev–Trinajstić information content (AvgIpc) is 2.43. The summed E-state index contributed by atoms with van der Waals surface area (Å²) >= 11 is 0. The van der Waals surface area contributed by atoms with E-state index in [0.29, 0.717) is 0 Å². The second-order valence-corrected chi connectivity index (χ2v) is 4.58. The van der Waals surface area contributed by atoms with Crippen LogP contribution in [0.5, 0.6) is 0 Å². The number of carboxylic acid groups (broad SMARTS) is 1. The van der Waals surface area contributed by atoms with Gasteiger partial charge in [-0.25, -0.2) is 8.78 Å². The number of anilines is 1. The molecule has 0 heterocycles. The third kappa shape index (κ3) is 2.84. The number of hydrogen-bond acceptors (Lipinski definition) is 2. The number of carboxylic acids is 1. The van der Waals surface area contributed by atoms with E-state index >= 15 is 0 Å². The summed E-state index contributed by atoms with van der Waals surface area (Å²) in [6.07, 6.45) is 3.85. The Hall–Kier alpha value is -2.24. The molecule has 1 aliphatic rings. The van der Waals surface area contributed by atoms with Crippen molar-refractivity contribution >= 4 is 17.6 Å². The summed E-state index contributed by atoms with van der Waals surface area (Å²) in [6, 6.07) is 3.23. The van der Waals surface area contributed by atoms with Gasteiger partial charge in [0.2, 0.25) is 5.91 Å². The van der Waals surface area contributed by atoms with Crippen LogP contribution in [0.25, 0.3) is 0 Å². The highest BCUT2D eigenvalue weighted by molar-refractivity contribution is 5.95. The van der Waals surface area contributed by atoms with Crippen LogP contribution in [0.1, 0.15) is 12.8 Å². The molecule has 6 heteroatoms. The molecular weight excluding hydrogens is 268 g/mol. The number of hydrogen-bond donors (Lipinski definition) is 2. The van der Waals surface area contributed by atoms with Crippen LogP contribution in [-0.4, -0.2) is 17.0 Å². The van der Waals surface area contributed by atoms with Gasteiger partial charge in [-0.3, -0.25) is 9.59 Å². The Labute approximate surface area is 114 Å². The number of halogens is 2. The molecule has 0 aromatic heterocycles. The van der Waals surface area contributed by atoms with E-state index in [1.165, 1.54) is 6.07 Å². The Morgan fingerprint density at radius 2 is 1.65 bits per heavy atom. The number of aliphatic carboxylic acids is 1. The molecule has 2 rings (SSSR count). The monoisotopic (exact) mass is 281 g/mol. The Morgan fingerprint density at radius 1 is 1.10 bits per heavy atom. The number of para-hydroxylation sites is 1. The topological polar surface area (TPSA) is 66.4 Å². The lowest BCUT2D eigenvalue weighted by atomic mass is 9.82. The van der Waals surface area contributed by atoms with Gasteiger partial charge >= 0.3 is 5.97 Å². The molecule has 0 saturated heterocycles. The summed E-state index contributed by atoms with van der Waals surface area (Å²) in [5.74, 6) is -5.28. The van der Waals surface area contributed by atoms with Crippen molar-refractivity contribution in [1.82, 2.24) is 0 Å². The zero-order chi connectivity index (χ0) is 14.7. The average molecular weight is 281 g/mol. The minimum absolute atomic E-state index is 0.229. The van der Waals surface area contributed by atoms with E-state index in [0.717, 1.165) is 12.1 Å². The molecule has 0 spiro atoms. The number of benzene rings is 1. The molecule has 1 aliphatic carbocycles. The first kappa shape index (κ1) is 14.2. The fourth-order valence-corrected chi connectivity index (χ4v) is 2.21. The second kappa shape index (κ2) is 5.81. The van der Waals surface area contributed by atoms with Gasteiger partial charge in [0.15, 0.2) is 0 Å². The third-order valence-corrected chi connectivity index (χ3v) is 3.30. The lowest BCUT2D eigenvalue weighted by Crippen LogP contribution is -2.35. The number of carbonyl (C=O) groups excluding carboxylic acids is 1. The maximum absolute atomic E-state index is 13.4. The van der Waals surface area contributed by atoms with Crippen molar-refractivity contribution in [2.24, 2.45) is 11.8 Å². The van der Waals surface area contributed by atoms with E-state index in [4.69, 9.17) is 5.11 Å². The van der Waals surface area contributed by atoms with E-state index in [9.17, 15) is 18.4 Å². The van der Waals surface area contributed by atoms with Crippen molar-refractivity contribution in [3.05, 3.63) is 42.0 Å². The summed E-state index contributed by atoms with van der Waals surface area (Å²) in [7, 11) is 0. The van der Waals surface area contributed by atoms with Crippen molar-refractivity contribution in [2.75, 3.05) is 5.32 Å². The van der Waals surface area contributed by atoms with Gasteiger partial charge in [-0.05, 0) is 25.0 Å². The van der Waals surface area contributed by atoms with Crippen molar-refractivity contribution in [3.8, 4) is 0 Å². The Balaban J connectivity index is 2.19. The van der Waals surface area contributed by atoms with Gasteiger partial charge in [0, 0.05) is 0 Å². The van der Waals surface area contributed by atoms with Crippen LogP contribution in [0.4, 0.5) is 14.5 Å². The molecule has 0 aliphatic heterocycles. The molecule has 20 heavy (non-hydrogen) atoms. The van der Waals surface area contributed by atoms with Gasteiger partial charge < -0.3 is 10.4 Å². The van der Waals surface area contributed by atoms with Crippen molar-refractivity contribution in [1.29, 1.82) is 0 Å². The van der Waals surface area contributed by atoms with Gasteiger partial charge in [-0.2, -0.15) is 0 Å². The highest BCUT2D eigenvalue weighted by Crippen LogP contribution is 2.28. The zero-order valence-electron chi connectivity index (χ0n) is 10.5. The third-order valence-electron chi connectivity index (χ3n) is 3.30. The van der Waals surface area contributed by atoms with Gasteiger partial charge in [0.1, 0.15) is 17.3 Å². The molecule has 1 aromatic rings. The first-order valence-corrected chi connectivity index (χ1v) is 6.13. The smallest absolute Gasteiger partial charge is 0.307 e. The molecule has 1 aromatic carbocycles. The van der Waals surface area contributed by atoms with Crippen molar-refractivity contribution in [2.45, 2.75) is 12.8 Å². The molecule has 4 nitrogen and oxygen atoms in total. The summed E-state index contributed by atoms with van der Waals surface area (Å²) in [4.78, 5) is 23.1. The molecular formula is C14H13F2NO3. The summed E-state index contributed by atoms with van der Waals surface area (Å²) in [5, 5.41) is 11.2. The van der Waals surface area contributed by atoms with E-state index in [-0.39, 0.29) is 12.8 Å². The van der Waals surface area contributed by atoms with Gasteiger partial charge in [0.05, 0.1) is 11.8 Å². The normalized spacial score (nSPS) is 21.5. The fourth-order valence-electron chi connectivity index (χ4n) is 2.21. The molecule has 0 bridgehead atoms. The van der Waals surface area contributed by atoms with Crippen molar-refractivity contribution < 1.29 is 23.5 Å². The Kier molecular flexibility index (Phi) is 4.12. The fraction of sp³-hybridized carbons (Fsp3) is 0.286. The first-order chi connectivity index (χ1) is 9.50. The predicted octanol–water partition coefficient (Wildman–Crippen LogP) is 2.57. The Bertz CT molecular complexity index is 551. The van der Waals surface area contributed by atoms with Gasteiger partial charge in [0.25, 0.3) is 0 Å². The largest absolute Gasteiger partial charge is 0.481 e. The Morgan fingerprint density at radius 3 is 2.20 bits per heavy atom. The summed E-state index contributed by atoms with van der Waals surface area (Å²) in [5.41, 5.74) is -0.545. The molecule has 0 saturated carbocycles. The second-order valence-electron chi connectivity index (χ2n) is 4.58. The van der Waals surface area contributed by atoms with Crippen LogP contribution >= 0.6 is 0 Å².